The van der Waals surface area contributed by atoms with Crippen LogP contribution in [0, 0.1) is 13.8 Å². The van der Waals surface area contributed by atoms with Gasteiger partial charge in [0.15, 0.2) is 11.3 Å². The van der Waals surface area contributed by atoms with Crippen molar-refractivity contribution >= 4 is 114 Å². The highest BCUT2D eigenvalue weighted by Crippen LogP contribution is 2.37. The summed E-state index contributed by atoms with van der Waals surface area (Å²) in [5.41, 5.74) is 5.08. The molecule has 5 saturated heterocycles. The molecule has 0 bridgehead atoms. The first kappa shape index (κ1) is 72.3. The smallest absolute Gasteiger partial charge is 0.410 e. The molecule has 0 spiro atoms. The molecule has 29 heteroatoms. The molecule has 11 rings (SSSR count). The molecule has 0 radical (unpaired) electrons. The van der Waals surface area contributed by atoms with E-state index in [1.807, 2.05) is 58.3 Å². The Bertz CT molecular complexity index is 3650. The Labute approximate surface area is 544 Å². The predicted octanol–water partition coefficient (Wildman–Crippen LogP) is 10.4. The largest absolute Gasteiger partial charge is 0.444 e. The highest BCUT2D eigenvalue weighted by molar-refractivity contribution is 7.92. The first-order valence-corrected chi connectivity index (χ1v) is 34.3. The molecule has 5 aliphatic rings. The number of nitrogens with one attached hydrogen (secondary N) is 4. The fourth-order valence-electron chi connectivity index (χ4n) is 11.1. The molecule has 5 aliphatic heterocycles. The van der Waals surface area contributed by atoms with E-state index in [4.69, 9.17) is 54.4 Å². The van der Waals surface area contributed by atoms with Gasteiger partial charge in [-0.3, -0.25) is 19.0 Å². The summed E-state index contributed by atoms with van der Waals surface area (Å²) in [6, 6.07) is 16.9. The number of fused-ring (bicyclic) bond motifs is 2. The number of benzene rings is 2. The van der Waals surface area contributed by atoms with Crippen LogP contribution in [0.15, 0.2) is 60.7 Å². The topological polar surface area (TPSA) is 259 Å². The molecular formula is C60H86Cl4N14O9S2. The Hall–Kier alpha value is -5.77. The zero-order valence-corrected chi connectivity index (χ0v) is 56.0. The Morgan fingerprint density at radius 1 is 0.697 bits per heavy atom. The number of amides is 3. The lowest BCUT2D eigenvalue weighted by molar-refractivity contribution is 0.0236. The minimum absolute atomic E-state index is 0. The summed E-state index contributed by atoms with van der Waals surface area (Å²) in [6.07, 6.45) is 11.6. The fourth-order valence-corrected chi connectivity index (χ4v) is 12.9. The van der Waals surface area contributed by atoms with Crippen molar-refractivity contribution in [1.29, 1.82) is 0 Å². The van der Waals surface area contributed by atoms with Gasteiger partial charge in [-0.15, -0.1) is 12.4 Å². The molecule has 5 fully saturated rings. The van der Waals surface area contributed by atoms with Crippen molar-refractivity contribution in [3.05, 3.63) is 110 Å². The van der Waals surface area contributed by atoms with Crippen molar-refractivity contribution in [2.45, 2.75) is 136 Å². The molecule has 4 aromatic heterocycles. The van der Waals surface area contributed by atoms with E-state index < -0.39 is 25.6 Å². The van der Waals surface area contributed by atoms with Gasteiger partial charge < -0.3 is 39.7 Å². The number of likely N-dealkylation sites (N-methyl/N-ethyl adjacent to an activating group) is 2. The lowest BCUT2D eigenvalue weighted by Gasteiger charge is -2.35. The van der Waals surface area contributed by atoms with Gasteiger partial charge in [0.05, 0.1) is 58.5 Å². The Morgan fingerprint density at radius 2 is 1.20 bits per heavy atom. The van der Waals surface area contributed by atoms with Crippen molar-refractivity contribution in [2.24, 2.45) is 0 Å². The minimum Gasteiger partial charge on any atom is -0.444 e. The molecule has 23 nitrogen and oxygen atoms in total. The lowest BCUT2D eigenvalue weighted by atomic mass is 9.98. The normalized spacial score (nSPS) is 19.3. The third-order valence-corrected chi connectivity index (χ3v) is 17.3. The molecule has 6 aromatic rings. The van der Waals surface area contributed by atoms with E-state index in [-0.39, 0.29) is 78.4 Å². The summed E-state index contributed by atoms with van der Waals surface area (Å²) in [4.78, 5) is 55.6. The number of aryl methyl sites for hydroxylation is 2. The van der Waals surface area contributed by atoms with Crippen LogP contribution in [-0.4, -0.2) is 175 Å². The van der Waals surface area contributed by atoms with E-state index in [2.05, 4.69) is 41.1 Å². The van der Waals surface area contributed by atoms with Gasteiger partial charge in [-0.25, -0.2) is 40.6 Å². The Morgan fingerprint density at radius 3 is 1.64 bits per heavy atom. The molecule has 9 heterocycles. The summed E-state index contributed by atoms with van der Waals surface area (Å²) in [5.74, 6) is 0.343. The number of likely N-dealkylation sites (tertiary alicyclic amines) is 2. The summed E-state index contributed by atoms with van der Waals surface area (Å²) in [5, 5.41) is 17.2. The van der Waals surface area contributed by atoms with Crippen molar-refractivity contribution < 1.29 is 40.7 Å². The summed E-state index contributed by atoms with van der Waals surface area (Å²) in [6.45, 7) is 16.3. The van der Waals surface area contributed by atoms with Crippen LogP contribution in [0.25, 0.3) is 11.3 Å². The van der Waals surface area contributed by atoms with E-state index in [0.29, 0.717) is 45.7 Å². The number of carbonyl (C=O) groups excluding carboxylic acids is 3. The van der Waals surface area contributed by atoms with Gasteiger partial charge in [-0.1, -0.05) is 42.2 Å². The number of halogens is 4. The van der Waals surface area contributed by atoms with Crippen molar-refractivity contribution in [3.8, 4) is 0 Å². The summed E-state index contributed by atoms with van der Waals surface area (Å²) < 4.78 is 66.0. The molecule has 0 saturated carbocycles. The molecule has 0 unspecified atom stereocenters. The highest BCUT2D eigenvalue weighted by atomic mass is 35.5. The van der Waals surface area contributed by atoms with Gasteiger partial charge in [0.1, 0.15) is 16.6 Å². The number of carbonyl (C=O) groups is 3. The van der Waals surface area contributed by atoms with Crippen molar-refractivity contribution in [3.63, 3.8) is 0 Å². The molecule has 490 valence electrons. The second-order valence-corrected chi connectivity index (χ2v) is 28.3. The Balaban J connectivity index is 0.000000218. The van der Waals surface area contributed by atoms with E-state index >= 15 is 0 Å². The van der Waals surface area contributed by atoms with Gasteiger partial charge in [0, 0.05) is 105 Å². The quantitative estimate of drug-likeness (QED) is 0.0879. The van der Waals surface area contributed by atoms with Crippen LogP contribution in [0.1, 0.15) is 148 Å². The maximum Gasteiger partial charge on any atom is 0.410 e. The first-order chi connectivity index (χ1) is 41.1. The zero-order chi connectivity index (χ0) is 63.0. The van der Waals surface area contributed by atoms with E-state index in [1.54, 1.807) is 44.5 Å². The average molecular weight is 1350 g/mol. The number of hydrogen-bond acceptors (Lipinski definition) is 16. The van der Waals surface area contributed by atoms with E-state index in [1.165, 1.54) is 37.1 Å². The van der Waals surface area contributed by atoms with Gasteiger partial charge in [0.2, 0.25) is 20.0 Å². The summed E-state index contributed by atoms with van der Waals surface area (Å²) in [7, 11) is -3.36. The van der Waals surface area contributed by atoms with E-state index in [0.717, 1.165) is 132 Å². The maximum absolute atomic E-state index is 13.8. The lowest BCUT2D eigenvalue weighted by Crippen LogP contribution is -2.41. The SMILES string of the molecule is C.C1CCOC1.CN(C(=O)OC(C)(C)C)[C@@H]1CCNC1.CN[C@@H]1CCN(c2cc(C)n3nc([C@@H]4CCCCN4C(=O)c4cc(Cl)ccc4NS(C)(=O)=O)cc3n2)C1.Cc1cc(Cl)nc2cc([C@@H]3CCCCN3C(=O)c3cc(Cl)ccc3NS(C)(=O)=O)nn12.Cl. The monoisotopic (exact) mass is 1350 g/mol. The van der Waals surface area contributed by atoms with Crippen LogP contribution in [0.3, 0.4) is 0 Å². The third kappa shape index (κ3) is 19.6. The van der Waals surface area contributed by atoms with Crippen LogP contribution in [0.2, 0.25) is 15.2 Å². The second-order valence-electron chi connectivity index (χ2n) is 23.6. The van der Waals surface area contributed by atoms with Gasteiger partial charge in [-0.2, -0.15) is 10.2 Å². The number of sulfonamides is 2. The van der Waals surface area contributed by atoms with E-state index in [9.17, 15) is 31.2 Å². The number of aromatic nitrogens is 6. The molecule has 3 amide bonds. The van der Waals surface area contributed by atoms with Crippen LogP contribution >= 0.6 is 47.2 Å². The summed E-state index contributed by atoms with van der Waals surface area (Å²) >= 11 is 18.4. The maximum atomic E-state index is 13.8. The number of rotatable bonds is 11. The number of piperidine rings is 2. The standard InChI is InChI=1S/C25H32ClN7O3S.C20H21Cl2N5O3S.C10H20N2O2.C4H8O.CH4.ClH/c1-16-12-23(31-11-9-18(15-31)27-2)28-24-14-21(29-33(16)24)22-6-4-5-10-32(22)25(34)19-13-17(26)7-8-20(19)30-37(3,35)36;1-12-9-18(22)23-19-11-16(24-27(12)19)17-5-3-4-8-26(17)20(28)14-10-13(21)6-7-15(14)25-31(2,29)30;1-10(2,3)14-9(13)12(4)8-5-6-11-7-8;1-2-4-5-3-1;;/h7-8,12-14,18,22,27,30H,4-6,9-11,15H2,1-3H3;6-7,9-11,17,25H,3-5,8H2,1-2H3;8,11H,5-7H2,1-4H3;1-4H2;1H4;1H/t18-,22+;17-;8-;;;/m101.../s1. The average Bonchev–Trinajstić information content (AvgIpc) is 1.77. The number of nitrogens with zero attached hydrogens (tertiary/aromatic N) is 10. The van der Waals surface area contributed by atoms with Crippen LogP contribution < -0.4 is 25.0 Å². The van der Waals surface area contributed by atoms with Crippen molar-refractivity contribution in [1.82, 2.24) is 54.5 Å². The third-order valence-electron chi connectivity index (χ3n) is 15.4. The first-order valence-electron chi connectivity index (χ1n) is 29.4. The van der Waals surface area contributed by atoms with Crippen LogP contribution in [-0.2, 0) is 29.5 Å². The predicted molar refractivity (Wildman–Crippen MR) is 355 cm³/mol. The highest BCUT2D eigenvalue weighted by Gasteiger charge is 2.35. The van der Waals surface area contributed by atoms with Crippen LogP contribution in [0.4, 0.5) is 22.0 Å². The molecular weight excluding hydrogens is 1270 g/mol. The van der Waals surface area contributed by atoms with Crippen molar-refractivity contribution in [2.75, 3.05) is 93.4 Å². The fraction of sp³-hybridized carbons (Fsp3) is 0.550. The minimum atomic E-state index is -3.58. The molecule has 4 atom stereocenters. The van der Waals surface area contributed by atoms with Gasteiger partial charge in [0.25, 0.3) is 11.8 Å². The Kier molecular flexibility index (Phi) is 25.6. The number of hydrogen-bond donors (Lipinski definition) is 4. The van der Waals surface area contributed by atoms with Gasteiger partial charge in [-0.05, 0) is 155 Å². The number of anilines is 3. The zero-order valence-electron chi connectivity index (χ0n) is 51.3. The molecule has 89 heavy (non-hydrogen) atoms. The molecule has 0 aliphatic carbocycles. The van der Waals surface area contributed by atoms with Gasteiger partial charge >= 0.3 is 6.09 Å². The van der Waals surface area contributed by atoms with Crippen LogP contribution in [0.5, 0.6) is 0 Å². The molecule has 4 N–H and O–H groups in total. The molecule has 2 aromatic carbocycles. The number of ether oxygens (including phenoxy) is 2. The second kappa shape index (κ2) is 31.5.